The summed E-state index contributed by atoms with van der Waals surface area (Å²) in [6.45, 7) is 1.01. The summed E-state index contributed by atoms with van der Waals surface area (Å²) in [6.07, 6.45) is -4.64. The number of rotatable bonds is 3. The van der Waals surface area contributed by atoms with E-state index in [0.29, 0.717) is 0 Å². The van der Waals surface area contributed by atoms with Crippen LogP contribution in [0.5, 0.6) is 0 Å². The van der Waals surface area contributed by atoms with Gasteiger partial charge in [0.1, 0.15) is 5.67 Å². The average Bonchev–Trinajstić information content (AvgIpc) is 2.27. The van der Waals surface area contributed by atoms with E-state index in [0.717, 1.165) is 12.1 Å². The van der Waals surface area contributed by atoms with Crippen molar-refractivity contribution in [1.29, 1.82) is 0 Å². The molecule has 0 saturated carbocycles. The zero-order chi connectivity index (χ0) is 12.4. The molecule has 90 valence electrons. The molecule has 0 radical (unpaired) electrons. The lowest BCUT2D eigenvalue weighted by Gasteiger charge is -2.25. The molecule has 1 nitrogen and oxygen atoms in total. The summed E-state index contributed by atoms with van der Waals surface area (Å²) in [6, 6.07) is 4.62. The molecule has 0 saturated heterocycles. The normalized spacial score (nSPS) is 15.9. The van der Waals surface area contributed by atoms with Crippen LogP contribution < -0.4 is 5.73 Å². The molecule has 0 aliphatic carbocycles. The third kappa shape index (κ3) is 2.35. The van der Waals surface area contributed by atoms with E-state index in [1.807, 2.05) is 0 Å². The molecule has 0 aromatic heterocycles. The second-order valence-electron chi connectivity index (χ2n) is 3.57. The minimum Gasteiger partial charge on any atom is -0.327 e. The van der Waals surface area contributed by atoms with Crippen molar-refractivity contribution in [2.24, 2.45) is 5.73 Å². The molecule has 1 aromatic carbocycles. The second kappa shape index (κ2) is 4.41. The van der Waals surface area contributed by atoms with Crippen molar-refractivity contribution < 1.29 is 17.6 Å². The lowest BCUT2D eigenvalue weighted by Crippen LogP contribution is -2.32. The van der Waals surface area contributed by atoms with Crippen molar-refractivity contribution in [1.82, 2.24) is 0 Å². The van der Waals surface area contributed by atoms with Crippen molar-refractivity contribution in [3.63, 3.8) is 0 Å². The van der Waals surface area contributed by atoms with E-state index in [4.69, 9.17) is 5.73 Å². The highest BCUT2D eigenvalue weighted by atomic mass is 19.4. The van der Waals surface area contributed by atoms with Crippen LogP contribution in [0.1, 0.15) is 24.5 Å². The van der Waals surface area contributed by atoms with Crippen LogP contribution in [0.25, 0.3) is 0 Å². The van der Waals surface area contributed by atoms with Gasteiger partial charge in [-0.3, -0.25) is 0 Å². The van der Waals surface area contributed by atoms with Crippen LogP contribution in [0, 0.1) is 0 Å². The minimum atomic E-state index is -4.56. The number of nitrogens with two attached hydrogens (primary N) is 1. The molecular weight excluding hydrogens is 222 g/mol. The van der Waals surface area contributed by atoms with Gasteiger partial charge in [0.15, 0.2) is 0 Å². The van der Waals surface area contributed by atoms with Gasteiger partial charge in [-0.25, -0.2) is 4.39 Å². The first kappa shape index (κ1) is 13.0. The van der Waals surface area contributed by atoms with E-state index < -0.39 is 24.0 Å². The molecular formula is C11H13F4N. The van der Waals surface area contributed by atoms with Gasteiger partial charge in [0.2, 0.25) is 0 Å². The van der Waals surface area contributed by atoms with E-state index in [2.05, 4.69) is 0 Å². The van der Waals surface area contributed by atoms with Crippen molar-refractivity contribution in [3.05, 3.63) is 35.4 Å². The van der Waals surface area contributed by atoms with Crippen LogP contribution >= 0.6 is 0 Å². The maximum Gasteiger partial charge on any atom is 0.416 e. The Balaban J connectivity index is 3.34. The van der Waals surface area contributed by atoms with E-state index in [-0.39, 0.29) is 12.0 Å². The fourth-order valence-corrected chi connectivity index (χ4v) is 1.57. The quantitative estimate of drug-likeness (QED) is 0.800. The summed E-state index contributed by atoms with van der Waals surface area (Å²) in [7, 11) is 0. The van der Waals surface area contributed by atoms with Gasteiger partial charge < -0.3 is 5.73 Å². The van der Waals surface area contributed by atoms with E-state index >= 15 is 0 Å². The Bertz CT molecular complexity index is 355. The van der Waals surface area contributed by atoms with Crippen molar-refractivity contribution in [3.8, 4) is 0 Å². The Hall–Kier alpha value is -1.10. The smallest absolute Gasteiger partial charge is 0.327 e. The van der Waals surface area contributed by atoms with Crippen LogP contribution in [0.15, 0.2) is 24.3 Å². The van der Waals surface area contributed by atoms with Crippen molar-refractivity contribution >= 4 is 0 Å². The largest absolute Gasteiger partial charge is 0.416 e. The minimum absolute atomic E-state index is 0.0867. The summed E-state index contributed by atoms with van der Waals surface area (Å²) >= 11 is 0. The van der Waals surface area contributed by atoms with Crippen LogP contribution in [-0.2, 0) is 11.8 Å². The highest BCUT2D eigenvalue weighted by molar-refractivity contribution is 5.34. The Kier molecular flexibility index (Phi) is 3.57. The Morgan fingerprint density at radius 3 is 1.94 bits per heavy atom. The summed E-state index contributed by atoms with van der Waals surface area (Å²) < 4.78 is 52.1. The van der Waals surface area contributed by atoms with Crippen LogP contribution in [0.4, 0.5) is 17.6 Å². The first-order valence-electron chi connectivity index (χ1n) is 4.91. The number of hydrogen-bond acceptors (Lipinski definition) is 1. The molecule has 1 atom stereocenters. The zero-order valence-electron chi connectivity index (χ0n) is 8.81. The van der Waals surface area contributed by atoms with Crippen LogP contribution in [0.3, 0.4) is 0 Å². The molecule has 16 heavy (non-hydrogen) atoms. The van der Waals surface area contributed by atoms with Gasteiger partial charge in [-0.1, -0.05) is 25.1 Å². The summed E-state index contributed by atoms with van der Waals surface area (Å²) in [5, 5.41) is 0. The molecule has 1 aromatic rings. The van der Waals surface area contributed by atoms with E-state index in [9.17, 15) is 17.6 Å². The third-order valence-corrected chi connectivity index (χ3v) is 2.60. The van der Waals surface area contributed by atoms with E-state index in [1.54, 1.807) is 0 Å². The Morgan fingerprint density at radius 1 is 1.06 bits per heavy atom. The molecule has 0 spiro atoms. The van der Waals surface area contributed by atoms with Gasteiger partial charge in [-0.15, -0.1) is 0 Å². The summed E-state index contributed by atoms with van der Waals surface area (Å²) in [5.41, 5.74) is 1.76. The summed E-state index contributed by atoms with van der Waals surface area (Å²) in [5.74, 6) is 0. The maximum atomic E-state index is 14.1. The average molecular weight is 235 g/mol. The van der Waals surface area contributed by atoms with Gasteiger partial charge in [0, 0.05) is 12.1 Å². The topological polar surface area (TPSA) is 26.0 Å². The fraction of sp³-hybridized carbons (Fsp3) is 0.455. The monoisotopic (exact) mass is 235 g/mol. The fourth-order valence-electron chi connectivity index (χ4n) is 1.57. The molecule has 0 heterocycles. The highest BCUT2D eigenvalue weighted by Gasteiger charge is 2.40. The molecule has 1 rings (SSSR count). The SMILES string of the molecule is CCC(F)(CN)c1ccccc1C(F)(F)F. The number of benzene rings is 1. The lowest BCUT2D eigenvalue weighted by molar-refractivity contribution is -0.139. The van der Waals surface area contributed by atoms with Crippen LogP contribution in [0.2, 0.25) is 0 Å². The number of alkyl halides is 4. The third-order valence-electron chi connectivity index (χ3n) is 2.60. The predicted molar refractivity (Wildman–Crippen MR) is 53.6 cm³/mol. The van der Waals surface area contributed by atoms with Gasteiger partial charge in [0.25, 0.3) is 0 Å². The lowest BCUT2D eigenvalue weighted by atomic mass is 9.89. The van der Waals surface area contributed by atoms with Crippen molar-refractivity contribution in [2.75, 3.05) is 6.54 Å². The molecule has 0 bridgehead atoms. The van der Waals surface area contributed by atoms with Gasteiger partial charge in [-0.2, -0.15) is 13.2 Å². The first-order chi connectivity index (χ1) is 7.35. The van der Waals surface area contributed by atoms with Crippen molar-refractivity contribution in [2.45, 2.75) is 25.2 Å². The van der Waals surface area contributed by atoms with Gasteiger partial charge in [-0.05, 0) is 12.5 Å². The molecule has 0 fully saturated rings. The number of halogens is 4. The molecule has 5 heteroatoms. The van der Waals surface area contributed by atoms with E-state index in [1.165, 1.54) is 19.1 Å². The Morgan fingerprint density at radius 2 is 1.56 bits per heavy atom. The standard InChI is InChI=1S/C11H13F4N/c1-2-10(12,7-16)8-5-3-4-6-9(8)11(13,14)15/h3-6H,2,7,16H2,1H3. The molecule has 2 N–H and O–H groups in total. The molecule has 1 unspecified atom stereocenters. The highest BCUT2D eigenvalue weighted by Crippen LogP contribution is 2.39. The van der Waals surface area contributed by atoms with Crippen LogP contribution in [-0.4, -0.2) is 6.54 Å². The molecule has 0 amide bonds. The Labute approximate surface area is 91.3 Å². The molecule has 0 aliphatic rings. The predicted octanol–water partition coefficient (Wildman–Crippen LogP) is 3.24. The summed E-state index contributed by atoms with van der Waals surface area (Å²) in [4.78, 5) is 0. The van der Waals surface area contributed by atoms with Gasteiger partial charge in [0.05, 0.1) is 5.56 Å². The number of hydrogen-bond donors (Lipinski definition) is 1. The first-order valence-corrected chi connectivity index (χ1v) is 4.91. The second-order valence-corrected chi connectivity index (χ2v) is 3.57. The zero-order valence-corrected chi connectivity index (χ0v) is 8.81. The van der Waals surface area contributed by atoms with Gasteiger partial charge >= 0.3 is 6.18 Å². The maximum absolute atomic E-state index is 14.1. The molecule has 0 aliphatic heterocycles.